The van der Waals surface area contributed by atoms with Crippen molar-refractivity contribution in [3.8, 4) is 0 Å². The van der Waals surface area contributed by atoms with Crippen molar-refractivity contribution in [2.75, 3.05) is 13.1 Å². The Kier molecular flexibility index (Phi) is 5.65. The van der Waals surface area contributed by atoms with Crippen molar-refractivity contribution in [1.82, 2.24) is 15.2 Å². The molecule has 0 saturated carbocycles. The van der Waals surface area contributed by atoms with Gasteiger partial charge in [0.2, 0.25) is 10.0 Å². The minimum atomic E-state index is -3.79. The van der Waals surface area contributed by atoms with E-state index in [2.05, 4.69) is 15.2 Å². The highest BCUT2D eigenvalue weighted by Crippen LogP contribution is 2.17. The number of nitrogens with zero attached hydrogens (tertiary/aromatic N) is 2. The van der Waals surface area contributed by atoms with Crippen LogP contribution in [-0.2, 0) is 16.6 Å². The first-order valence-corrected chi connectivity index (χ1v) is 8.66. The van der Waals surface area contributed by atoms with Crippen LogP contribution in [0.25, 0.3) is 0 Å². The molecule has 2 aromatic rings. The van der Waals surface area contributed by atoms with Crippen molar-refractivity contribution in [3.63, 3.8) is 0 Å². The molecular weight excluding hydrogens is 336 g/mol. The second-order valence-corrected chi connectivity index (χ2v) is 6.90. The van der Waals surface area contributed by atoms with Gasteiger partial charge in [0.25, 0.3) is 5.69 Å². The van der Waals surface area contributed by atoms with Gasteiger partial charge in [0.15, 0.2) is 0 Å². The minimum absolute atomic E-state index is 0.137. The molecule has 2 rings (SSSR count). The van der Waals surface area contributed by atoms with Gasteiger partial charge in [-0.2, -0.15) is 0 Å². The molecule has 24 heavy (non-hydrogen) atoms. The predicted octanol–water partition coefficient (Wildman–Crippen LogP) is 1.27. The number of sulfonamides is 1. The molecule has 0 amide bonds. The van der Waals surface area contributed by atoms with Crippen LogP contribution in [0.1, 0.15) is 17.0 Å². The summed E-state index contributed by atoms with van der Waals surface area (Å²) in [5.41, 5.74) is 1.46. The maximum Gasteiger partial charge on any atom is 0.270 e. The van der Waals surface area contributed by atoms with Crippen molar-refractivity contribution in [2.24, 2.45) is 0 Å². The first-order chi connectivity index (χ1) is 11.3. The molecule has 0 unspecified atom stereocenters. The van der Waals surface area contributed by atoms with Crippen LogP contribution >= 0.6 is 0 Å². The van der Waals surface area contributed by atoms with Crippen LogP contribution in [0.15, 0.2) is 33.7 Å². The second kappa shape index (κ2) is 7.51. The number of aromatic nitrogens is 1. The zero-order chi connectivity index (χ0) is 17.7. The van der Waals surface area contributed by atoms with Crippen molar-refractivity contribution in [1.29, 1.82) is 0 Å². The summed E-state index contributed by atoms with van der Waals surface area (Å²) in [6.07, 6.45) is 0. The molecule has 0 bridgehead atoms. The predicted molar refractivity (Wildman–Crippen MR) is 86.0 cm³/mol. The van der Waals surface area contributed by atoms with E-state index in [1.54, 1.807) is 0 Å². The lowest BCUT2D eigenvalue weighted by Gasteiger charge is -2.08. The number of nitro benzene ring substituents is 1. The number of nitrogens with one attached hydrogen (secondary N) is 2. The standard InChI is InChI=1S/C14H18N4O5S/c1-10-14(11(2)23-17-10)9-15-6-7-16-24(21,22)13-5-3-4-12(8-13)18(19)20/h3-5,8,15-16H,6-7,9H2,1-2H3. The Labute approximate surface area is 139 Å². The topological polar surface area (TPSA) is 127 Å². The summed E-state index contributed by atoms with van der Waals surface area (Å²) in [5.74, 6) is 0.720. The van der Waals surface area contributed by atoms with E-state index in [0.717, 1.165) is 23.1 Å². The third-order valence-corrected chi connectivity index (χ3v) is 4.87. The molecule has 0 radical (unpaired) electrons. The molecule has 2 N–H and O–H groups in total. The Morgan fingerprint density at radius 1 is 1.29 bits per heavy atom. The molecule has 10 heteroatoms. The van der Waals surface area contributed by atoms with Crippen molar-refractivity contribution in [3.05, 3.63) is 51.4 Å². The smallest absolute Gasteiger partial charge is 0.270 e. The summed E-state index contributed by atoms with van der Waals surface area (Å²) in [6, 6.07) is 4.92. The van der Waals surface area contributed by atoms with Crippen LogP contribution in [0, 0.1) is 24.0 Å². The minimum Gasteiger partial charge on any atom is -0.361 e. The van der Waals surface area contributed by atoms with E-state index in [0.29, 0.717) is 13.1 Å². The third-order valence-electron chi connectivity index (χ3n) is 3.42. The van der Waals surface area contributed by atoms with Gasteiger partial charge in [0.1, 0.15) is 5.76 Å². The molecule has 1 heterocycles. The molecule has 0 fully saturated rings. The first-order valence-electron chi connectivity index (χ1n) is 7.18. The Morgan fingerprint density at radius 2 is 2.04 bits per heavy atom. The Bertz CT molecular complexity index is 812. The van der Waals surface area contributed by atoms with Gasteiger partial charge in [-0.15, -0.1) is 0 Å². The van der Waals surface area contributed by atoms with E-state index in [1.165, 1.54) is 18.2 Å². The number of benzene rings is 1. The van der Waals surface area contributed by atoms with Gasteiger partial charge in [-0.1, -0.05) is 11.2 Å². The summed E-state index contributed by atoms with van der Waals surface area (Å²) in [6.45, 7) is 4.69. The highest BCUT2D eigenvalue weighted by molar-refractivity contribution is 7.89. The fraction of sp³-hybridized carbons (Fsp3) is 0.357. The van der Waals surface area contributed by atoms with Crippen molar-refractivity contribution < 1.29 is 17.9 Å². The Hall–Kier alpha value is -2.30. The molecule has 0 aliphatic heterocycles. The molecule has 1 aromatic heterocycles. The number of hydrogen-bond donors (Lipinski definition) is 2. The van der Waals surface area contributed by atoms with Gasteiger partial charge in [-0.25, -0.2) is 13.1 Å². The number of rotatable bonds is 8. The first kappa shape index (κ1) is 18.0. The zero-order valence-corrected chi connectivity index (χ0v) is 14.1. The fourth-order valence-corrected chi connectivity index (χ4v) is 3.16. The quantitative estimate of drug-likeness (QED) is 0.415. The molecular formula is C14H18N4O5S. The highest BCUT2D eigenvalue weighted by atomic mass is 32.2. The summed E-state index contributed by atoms with van der Waals surface area (Å²) in [7, 11) is -3.79. The van der Waals surface area contributed by atoms with Crippen LogP contribution in [-0.4, -0.2) is 31.6 Å². The fourth-order valence-electron chi connectivity index (χ4n) is 2.09. The second-order valence-electron chi connectivity index (χ2n) is 5.13. The van der Waals surface area contributed by atoms with E-state index >= 15 is 0 Å². The molecule has 9 nitrogen and oxygen atoms in total. The van der Waals surface area contributed by atoms with E-state index in [-0.39, 0.29) is 17.1 Å². The van der Waals surface area contributed by atoms with Crippen molar-refractivity contribution in [2.45, 2.75) is 25.3 Å². The lowest BCUT2D eigenvalue weighted by atomic mass is 10.2. The van der Waals surface area contributed by atoms with E-state index in [4.69, 9.17) is 4.52 Å². The Morgan fingerprint density at radius 3 is 2.67 bits per heavy atom. The summed E-state index contributed by atoms with van der Waals surface area (Å²) < 4.78 is 31.7. The largest absolute Gasteiger partial charge is 0.361 e. The van der Waals surface area contributed by atoms with E-state index in [9.17, 15) is 18.5 Å². The average molecular weight is 354 g/mol. The molecule has 0 saturated heterocycles. The lowest BCUT2D eigenvalue weighted by molar-refractivity contribution is -0.385. The number of aryl methyl sites for hydroxylation is 2. The monoisotopic (exact) mass is 354 g/mol. The highest BCUT2D eigenvalue weighted by Gasteiger charge is 2.17. The molecule has 1 aromatic carbocycles. The third kappa shape index (κ3) is 4.37. The lowest BCUT2D eigenvalue weighted by Crippen LogP contribution is -2.31. The van der Waals surface area contributed by atoms with Gasteiger partial charge in [0, 0.05) is 37.3 Å². The summed E-state index contributed by atoms with van der Waals surface area (Å²) >= 11 is 0. The van der Waals surface area contributed by atoms with Gasteiger partial charge < -0.3 is 9.84 Å². The Balaban J connectivity index is 1.87. The van der Waals surface area contributed by atoms with Gasteiger partial charge in [-0.05, 0) is 19.9 Å². The number of non-ortho nitro benzene ring substituents is 1. The van der Waals surface area contributed by atoms with E-state index in [1.807, 2.05) is 13.8 Å². The van der Waals surface area contributed by atoms with Crippen molar-refractivity contribution >= 4 is 15.7 Å². The number of nitro groups is 1. The summed E-state index contributed by atoms with van der Waals surface area (Å²) in [5, 5.41) is 17.6. The van der Waals surface area contributed by atoms with Gasteiger partial charge >= 0.3 is 0 Å². The molecule has 0 spiro atoms. The molecule has 0 aliphatic carbocycles. The zero-order valence-electron chi connectivity index (χ0n) is 13.3. The van der Waals surface area contributed by atoms with Crippen LogP contribution in [0.2, 0.25) is 0 Å². The normalized spacial score (nSPS) is 11.6. The number of hydrogen-bond acceptors (Lipinski definition) is 7. The summed E-state index contributed by atoms with van der Waals surface area (Å²) in [4.78, 5) is 9.94. The maximum atomic E-state index is 12.1. The average Bonchev–Trinajstić information content (AvgIpc) is 2.86. The maximum absolute atomic E-state index is 12.1. The van der Waals surface area contributed by atoms with Gasteiger partial charge in [0.05, 0.1) is 15.5 Å². The van der Waals surface area contributed by atoms with Crippen LogP contribution < -0.4 is 10.0 Å². The molecule has 0 aliphatic rings. The van der Waals surface area contributed by atoms with E-state index < -0.39 is 14.9 Å². The van der Waals surface area contributed by atoms with Crippen LogP contribution in [0.4, 0.5) is 5.69 Å². The molecule has 130 valence electrons. The SMILES string of the molecule is Cc1noc(C)c1CNCCNS(=O)(=O)c1cccc([N+](=O)[O-])c1. The molecule has 0 atom stereocenters. The van der Waals surface area contributed by atoms with Crippen LogP contribution in [0.5, 0.6) is 0 Å². The van der Waals surface area contributed by atoms with Gasteiger partial charge in [-0.3, -0.25) is 10.1 Å². The van der Waals surface area contributed by atoms with Crippen LogP contribution in [0.3, 0.4) is 0 Å².